The van der Waals surface area contributed by atoms with Gasteiger partial charge in [0.05, 0.1) is 6.61 Å². The molecule has 0 aromatic carbocycles. The van der Waals surface area contributed by atoms with Gasteiger partial charge in [-0.05, 0) is 38.8 Å². The lowest BCUT2D eigenvalue weighted by Gasteiger charge is -2.24. The molecule has 1 atom stereocenters. The van der Waals surface area contributed by atoms with Gasteiger partial charge in [0.1, 0.15) is 0 Å². The van der Waals surface area contributed by atoms with Crippen molar-refractivity contribution in [1.82, 2.24) is 4.68 Å². The van der Waals surface area contributed by atoms with Crippen molar-refractivity contribution in [3.05, 3.63) is 23.5 Å². The summed E-state index contributed by atoms with van der Waals surface area (Å²) in [5, 5.41) is 0. The van der Waals surface area contributed by atoms with Gasteiger partial charge in [0, 0.05) is 30.5 Å². The van der Waals surface area contributed by atoms with Crippen molar-refractivity contribution in [2.24, 2.45) is 5.92 Å². The molecule has 1 aromatic rings. The molecule has 2 heterocycles. The molecule has 1 unspecified atom stereocenters. The van der Waals surface area contributed by atoms with Crippen LogP contribution in [0.3, 0.4) is 0 Å². The Hall–Kier alpha value is -0.960. The molecule has 0 saturated carbocycles. The van der Waals surface area contributed by atoms with Crippen LogP contribution in [0.4, 0.5) is 0 Å². The Morgan fingerprint density at radius 2 is 2.13 bits per heavy atom. The van der Waals surface area contributed by atoms with Crippen LogP contribution in [-0.2, 0) is 4.74 Å². The van der Waals surface area contributed by atoms with E-state index in [9.17, 15) is 0 Å². The number of nitrogens with one attached hydrogen (secondary N) is 1. The van der Waals surface area contributed by atoms with E-state index in [0.29, 0.717) is 5.92 Å². The van der Waals surface area contributed by atoms with Gasteiger partial charge in [-0.1, -0.05) is 0 Å². The van der Waals surface area contributed by atoms with Gasteiger partial charge >= 0.3 is 0 Å². The maximum absolute atomic E-state index is 5.46. The van der Waals surface area contributed by atoms with Crippen molar-refractivity contribution in [3.63, 3.8) is 0 Å². The Labute approximate surface area is 91.4 Å². The number of nitrogens with zero attached hydrogens (tertiary/aromatic N) is 1. The topological polar surface area (TPSA) is 26.2 Å². The quantitative estimate of drug-likeness (QED) is 0.823. The van der Waals surface area contributed by atoms with Crippen LogP contribution in [0.2, 0.25) is 0 Å². The molecule has 0 aliphatic carbocycles. The highest BCUT2D eigenvalue weighted by Gasteiger charge is 2.13. The molecule has 3 heteroatoms. The third-order valence-electron chi connectivity index (χ3n) is 3.06. The number of rotatable bonds is 3. The standard InChI is InChI=1S/C12H20N2O/c1-10-5-6-11(2)14(10)13-8-12-4-3-7-15-9-12/h5-6,12-13H,3-4,7-9H2,1-2H3. The van der Waals surface area contributed by atoms with Gasteiger partial charge in [0.15, 0.2) is 0 Å². The molecule has 0 amide bonds. The summed E-state index contributed by atoms with van der Waals surface area (Å²) < 4.78 is 7.62. The van der Waals surface area contributed by atoms with Crippen LogP contribution in [-0.4, -0.2) is 24.4 Å². The highest BCUT2D eigenvalue weighted by atomic mass is 16.5. The summed E-state index contributed by atoms with van der Waals surface area (Å²) in [5.74, 6) is 0.667. The second-order valence-corrected chi connectivity index (χ2v) is 4.40. The molecular weight excluding hydrogens is 188 g/mol. The van der Waals surface area contributed by atoms with Crippen molar-refractivity contribution in [3.8, 4) is 0 Å². The Bertz CT molecular complexity index is 294. The highest BCUT2D eigenvalue weighted by molar-refractivity contribution is 5.15. The molecule has 1 saturated heterocycles. The first-order chi connectivity index (χ1) is 7.27. The fourth-order valence-corrected chi connectivity index (χ4v) is 2.11. The summed E-state index contributed by atoms with van der Waals surface area (Å²) in [6.45, 7) is 7.11. The van der Waals surface area contributed by atoms with Crippen molar-refractivity contribution in [2.75, 3.05) is 25.2 Å². The predicted molar refractivity (Wildman–Crippen MR) is 61.7 cm³/mol. The molecule has 0 bridgehead atoms. The third-order valence-corrected chi connectivity index (χ3v) is 3.06. The van der Waals surface area contributed by atoms with E-state index in [0.717, 1.165) is 19.8 Å². The zero-order valence-corrected chi connectivity index (χ0v) is 9.62. The number of aromatic nitrogens is 1. The zero-order valence-electron chi connectivity index (χ0n) is 9.62. The summed E-state index contributed by atoms with van der Waals surface area (Å²) >= 11 is 0. The van der Waals surface area contributed by atoms with Crippen LogP contribution in [0.25, 0.3) is 0 Å². The van der Waals surface area contributed by atoms with Crippen LogP contribution in [0.5, 0.6) is 0 Å². The fraction of sp³-hybridized carbons (Fsp3) is 0.667. The number of aryl methyl sites for hydroxylation is 2. The van der Waals surface area contributed by atoms with Crippen LogP contribution in [0.15, 0.2) is 12.1 Å². The van der Waals surface area contributed by atoms with E-state index in [1.165, 1.54) is 24.2 Å². The lowest BCUT2D eigenvalue weighted by Crippen LogP contribution is -2.29. The van der Waals surface area contributed by atoms with Crippen molar-refractivity contribution in [2.45, 2.75) is 26.7 Å². The summed E-state index contributed by atoms with van der Waals surface area (Å²) in [4.78, 5) is 0. The molecule has 0 spiro atoms. The van der Waals surface area contributed by atoms with Crippen LogP contribution in [0.1, 0.15) is 24.2 Å². The largest absolute Gasteiger partial charge is 0.381 e. The molecule has 1 aliphatic heterocycles. The molecule has 1 aliphatic rings. The minimum absolute atomic E-state index is 0.667. The monoisotopic (exact) mass is 208 g/mol. The van der Waals surface area contributed by atoms with Gasteiger partial charge in [-0.2, -0.15) is 0 Å². The van der Waals surface area contributed by atoms with E-state index in [1.807, 2.05) is 0 Å². The molecule has 1 N–H and O–H groups in total. The Balaban J connectivity index is 1.87. The van der Waals surface area contributed by atoms with Gasteiger partial charge in [0.25, 0.3) is 0 Å². The van der Waals surface area contributed by atoms with Crippen LogP contribution in [0, 0.1) is 19.8 Å². The summed E-state index contributed by atoms with van der Waals surface area (Å²) in [6.07, 6.45) is 2.49. The maximum atomic E-state index is 5.46. The summed E-state index contributed by atoms with van der Waals surface area (Å²) in [7, 11) is 0. The van der Waals surface area contributed by atoms with Crippen molar-refractivity contribution < 1.29 is 4.74 Å². The van der Waals surface area contributed by atoms with Gasteiger partial charge in [-0.15, -0.1) is 0 Å². The van der Waals surface area contributed by atoms with E-state index >= 15 is 0 Å². The Morgan fingerprint density at radius 3 is 2.73 bits per heavy atom. The second kappa shape index (κ2) is 4.71. The number of hydrogen-bond donors (Lipinski definition) is 1. The lowest BCUT2D eigenvalue weighted by atomic mass is 10.0. The number of ether oxygens (including phenoxy) is 1. The Morgan fingerprint density at radius 1 is 1.40 bits per heavy atom. The summed E-state index contributed by atoms with van der Waals surface area (Å²) in [5.41, 5.74) is 6.00. The van der Waals surface area contributed by atoms with Crippen molar-refractivity contribution in [1.29, 1.82) is 0 Å². The molecule has 3 nitrogen and oxygen atoms in total. The minimum Gasteiger partial charge on any atom is -0.381 e. The second-order valence-electron chi connectivity index (χ2n) is 4.40. The molecule has 2 rings (SSSR count). The molecule has 1 fully saturated rings. The minimum atomic E-state index is 0.667. The fourth-order valence-electron chi connectivity index (χ4n) is 2.11. The van der Waals surface area contributed by atoms with Crippen LogP contribution >= 0.6 is 0 Å². The van der Waals surface area contributed by atoms with Gasteiger partial charge in [-0.25, -0.2) is 0 Å². The van der Waals surface area contributed by atoms with E-state index < -0.39 is 0 Å². The number of hydrogen-bond acceptors (Lipinski definition) is 2. The Kier molecular flexibility index (Phi) is 3.31. The highest BCUT2D eigenvalue weighted by Crippen LogP contribution is 2.13. The van der Waals surface area contributed by atoms with Gasteiger partial charge in [-0.3, -0.25) is 4.68 Å². The molecule has 84 valence electrons. The van der Waals surface area contributed by atoms with Crippen LogP contribution < -0.4 is 5.43 Å². The molecule has 1 aromatic heterocycles. The van der Waals surface area contributed by atoms with E-state index in [2.05, 4.69) is 36.1 Å². The first-order valence-electron chi connectivity index (χ1n) is 5.74. The smallest absolute Gasteiger partial charge is 0.0511 e. The maximum Gasteiger partial charge on any atom is 0.0511 e. The average Bonchev–Trinajstić information content (AvgIpc) is 2.58. The van der Waals surface area contributed by atoms with E-state index in [4.69, 9.17) is 4.74 Å². The van der Waals surface area contributed by atoms with E-state index in [1.54, 1.807) is 0 Å². The first-order valence-corrected chi connectivity index (χ1v) is 5.74. The zero-order chi connectivity index (χ0) is 10.7. The lowest BCUT2D eigenvalue weighted by molar-refractivity contribution is 0.0586. The van der Waals surface area contributed by atoms with E-state index in [-0.39, 0.29) is 0 Å². The van der Waals surface area contributed by atoms with Crippen molar-refractivity contribution >= 4 is 0 Å². The molecule has 0 radical (unpaired) electrons. The molecule has 15 heavy (non-hydrogen) atoms. The predicted octanol–water partition coefficient (Wildman–Crippen LogP) is 2.08. The van der Waals surface area contributed by atoms with Gasteiger partial charge < -0.3 is 10.2 Å². The summed E-state index contributed by atoms with van der Waals surface area (Å²) in [6, 6.07) is 4.28. The third kappa shape index (κ3) is 2.53. The first kappa shape index (κ1) is 10.6. The average molecular weight is 208 g/mol. The molecular formula is C12H20N2O. The van der Waals surface area contributed by atoms with Gasteiger partial charge in [0.2, 0.25) is 0 Å². The normalized spacial score (nSPS) is 21.6. The SMILES string of the molecule is Cc1ccc(C)n1NCC1CCCOC1.